The summed E-state index contributed by atoms with van der Waals surface area (Å²) in [5, 5.41) is 14.8. The highest BCUT2D eigenvalue weighted by molar-refractivity contribution is 9.10. The van der Waals surface area contributed by atoms with E-state index in [1.54, 1.807) is 13.8 Å². The molecule has 1 atom stereocenters. The van der Waals surface area contributed by atoms with Crippen LogP contribution in [0.1, 0.15) is 11.4 Å². The Kier molecular flexibility index (Phi) is 4.25. The summed E-state index contributed by atoms with van der Waals surface area (Å²) in [6, 6.07) is 0. The number of hydrogen-bond acceptors (Lipinski definition) is 3. The maximum atomic E-state index is 12.8. The van der Waals surface area contributed by atoms with Crippen LogP contribution in [0.5, 0.6) is 0 Å². The van der Waals surface area contributed by atoms with Gasteiger partial charge in [-0.05, 0) is 29.8 Å². The van der Waals surface area contributed by atoms with Gasteiger partial charge in [0.2, 0.25) is 0 Å². The van der Waals surface area contributed by atoms with Crippen molar-refractivity contribution in [1.29, 1.82) is 0 Å². The molecule has 1 heterocycles. The number of aromatic nitrogens is 2. The van der Waals surface area contributed by atoms with E-state index in [0.717, 1.165) is 0 Å². The third kappa shape index (κ3) is 2.95. The van der Waals surface area contributed by atoms with Crippen LogP contribution >= 0.6 is 15.9 Å². The number of hydrogen-bond donors (Lipinski definition) is 2. The monoisotopic (exact) mass is 328 g/mol. The summed E-state index contributed by atoms with van der Waals surface area (Å²) >= 11 is 3.22. The summed E-state index contributed by atoms with van der Waals surface area (Å²) in [6.45, 7) is 2.77. The van der Waals surface area contributed by atoms with Gasteiger partial charge in [0.25, 0.3) is 0 Å². The summed E-state index contributed by atoms with van der Waals surface area (Å²) in [5.74, 6) is -2.96. The molecule has 9 heteroatoms. The van der Waals surface area contributed by atoms with E-state index < -0.39 is 24.5 Å². The molecule has 1 rings (SSSR count). The second kappa shape index (κ2) is 5.17. The minimum atomic E-state index is -4.60. The van der Waals surface area contributed by atoms with Gasteiger partial charge in [-0.15, -0.1) is 0 Å². The molecule has 0 aromatic carbocycles. The lowest BCUT2D eigenvalue weighted by Crippen LogP contribution is -2.39. The van der Waals surface area contributed by atoms with Gasteiger partial charge in [0, 0.05) is 5.69 Å². The molecule has 1 aromatic rings. The molecule has 0 saturated carbocycles. The lowest BCUT2D eigenvalue weighted by atomic mass is 10.1. The Morgan fingerprint density at radius 2 is 2.11 bits per heavy atom. The predicted octanol–water partition coefficient (Wildman–Crippen LogP) is 2.19. The zero-order valence-electron chi connectivity index (χ0n) is 9.66. The molecular weight excluding hydrogens is 317 g/mol. The summed E-state index contributed by atoms with van der Waals surface area (Å²) in [7, 11) is 0. The quantitative estimate of drug-likeness (QED) is 0.386. The summed E-state index contributed by atoms with van der Waals surface area (Å²) in [6.07, 6.45) is -4.60. The fourth-order valence-electron chi connectivity index (χ4n) is 1.46. The first-order valence-electron chi connectivity index (χ1n) is 4.92. The van der Waals surface area contributed by atoms with Crippen molar-refractivity contribution in [1.82, 2.24) is 9.78 Å². The van der Waals surface area contributed by atoms with Crippen molar-refractivity contribution in [3.63, 3.8) is 0 Å². The first-order valence-corrected chi connectivity index (χ1v) is 5.71. The minimum absolute atomic E-state index is 0.530. The van der Waals surface area contributed by atoms with Gasteiger partial charge in [-0.25, -0.2) is 0 Å². The van der Waals surface area contributed by atoms with Crippen LogP contribution in [0.25, 0.3) is 0 Å². The molecule has 0 radical (unpaired) electrons. The first-order chi connectivity index (χ1) is 8.18. The number of halogens is 4. The summed E-state index contributed by atoms with van der Waals surface area (Å²) in [4.78, 5) is 0. The molecule has 0 aliphatic heterocycles. The van der Waals surface area contributed by atoms with Crippen LogP contribution in [0, 0.1) is 19.8 Å². The van der Waals surface area contributed by atoms with Gasteiger partial charge in [-0.2, -0.15) is 18.3 Å². The molecule has 0 aliphatic carbocycles. The maximum Gasteiger partial charge on any atom is 0.400 e. The van der Waals surface area contributed by atoms with Gasteiger partial charge in [0.1, 0.15) is 5.92 Å². The molecule has 0 fully saturated rings. The highest BCUT2D eigenvalue weighted by atomic mass is 79.9. The maximum absolute atomic E-state index is 12.8. The standard InChI is InChI=1S/C9H12BrF3N4O/c1-4-7(10)5(2)17(15-4)3-6(8(14)16-18)9(11,12)13/h6,18H,3H2,1-2H3,(H2,14,16). The summed E-state index contributed by atoms with van der Waals surface area (Å²) in [5.41, 5.74) is 6.20. The number of amidine groups is 1. The molecule has 3 N–H and O–H groups in total. The van der Waals surface area contributed by atoms with Crippen molar-refractivity contribution < 1.29 is 18.4 Å². The average Bonchev–Trinajstić information content (AvgIpc) is 2.51. The SMILES string of the molecule is Cc1nn(CC(C(N)=NO)C(F)(F)F)c(C)c1Br. The van der Waals surface area contributed by atoms with Crippen LogP contribution in [0.4, 0.5) is 13.2 Å². The van der Waals surface area contributed by atoms with Gasteiger partial charge in [-0.3, -0.25) is 4.68 Å². The molecule has 1 aromatic heterocycles. The fraction of sp³-hybridized carbons (Fsp3) is 0.556. The molecule has 0 bridgehead atoms. The number of nitrogens with zero attached hydrogens (tertiary/aromatic N) is 3. The minimum Gasteiger partial charge on any atom is -0.409 e. The zero-order chi connectivity index (χ0) is 14.1. The number of oxime groups is 1. The van der Waals surface area contributed by atoms with Crippen LogP contribution in [0.2, 0.25) is 0 Å². The number of aryl methyl sites for hydroxylation is 1. The number of rotatable bonds is 3. The van der Waals surface area contributed by atoms with E-state index in [4.69, 9.17) is 10.9 Å². The zero-order valence-corrected chi connectivity index (χ0v) is 11.2. The molecule has 1 unspecified atom stereocenters. The fourth-order valence-corrected chi connectivity index (χ4v) is 1.74. The molecule has 18 heavy (non-hydrogen) atoms. The molecule has 0 spiro atoms. The summed E-state index contributed by atoms with van der Waals surface area (Å²) < 4.78 is 40.1. The molecule has 102 valence electrons. The Hall–Kier alpha value is -1.25. The van der Waals surface area contributed by atoms with E-state index in [-0.39, 0.29) is 0 Å². The highest BCUT2D eigenvalue weighted by Crippen LogP contribution is 2.29. The highest BCUT2D eigenvalue weighted by Gasteiger charge is 2.43. The van der Waals surface area contributed by atoms with Crippen LogP contribution in [0.15, 0.2) is 9.63 Å². The molecule has 0 saturated heterocycles. The molecular formula is C9H12BrF3N4O. The Morgan fingerprint density at radius 3 is 2.44 bits per heavy atom. The van der Waals surface area contributed by atoms with Crippen LogP contribution < -0.4 is 5.73 Å². The molecule has 5 nitrogen and oxygen atoms in total. The Morgan fingerprint density at radius 1 is 1.56 bits per heavy atom. The van der Waals surface area contributed by atoms with Crippen molar-refractivity contribution in [2.75, 3.05) is 0 Å². The van der Waals surface area contributed by atoms with E-state index >= 15 is 0 Å². The van der Waals surface area contributed by atoms with Crippen molar-refractivity contribution in [2.24, 2.45) is 16.8 Å². The third-order valence-electron chi connectivity index (χ3n) is 2.52. The average molecular weight is 329 g/mol. The normalized spacial score (nSPS) is 14.9. The van der Waals surface area contributed by atoms with E-state index in [9.17, 15) is 13.2 Å². The van der Waals surface area contributed by atoms with Gasteiger partial charge in [-0.1, -0.05) is 5.16 Å². The van der Waals surface area contributed by atoms with Crippen molar-refractivity contribution in [3.8, 4) is 0 Å². The Balaban J connectivity index is 3.08. The van der Waals surface area contributed by atoms with E-state index in [0.29, 0.717) is 15.9 Å². The van der Waals surface area contributed by atoms with Crippen molar-refractivity contribution >= 4 is 21.8 Å². The molecule has 0 aliphatic rings. The smallest absolute Gasteiger partial charge is 0.400 e. The number of alkyl halides is 3. The van der Waals surface area contributed by atoms with Gasteiger partial charge in [0.05, 0.1) is 16.7 Å². The van der Waals surface area contributed by atoms with Crippen molar-refractivity contribution in [3.05, 3.63) is 15.9 Å². The van der Waals surface area contributed by atoms with Crippen LogP contribution in [-0.4, -0.2) is 27.0 Å². The van der Waals surface area contributed by atoms with E-state index in [1.807, 2.05) is 0 Å². The van der Waals surface area contributed by atoms with Gasteiger partial charge in [0.15, 0.2) is 5.84 Å². The third-order valence-corrected chi connectivity index (χ3v) is 3.66. The lowest BCUT2D eigenvalue weighted by Gasteiger charge is -2.19. The Labute approximate surface area is 110 Å². The van der Waals surface area contributed by atoms with Gasteiger partial charge >= 0.3 is 6.18 Å². The second-order valence-electron chi connectivity index (χ2n) is 3.79. The van der Waals surface area contributed by atoms with E-state index in [2.05, 4.69) is 26.2 Å². The van der Waals surface area contributed by atoms with Crippen molar-refractivity contribution in [2.45, 2.75) is 26.6 Å². The second-order valence-corrected chi connectivity index (χ2v) is 4.58. The lowest BCUT2D eigenvalue weighted by molar-refractivity contribution is -0.159. The van der Waals surface area contributed by atoms with E-state index in [1.165, 1.54) is 4.68 Å². The first kappa shape index (κ1) is 14.8. The predicted molar refractivity (Wildman–Crippen MR) is 62.4 cm³/mol. The Bertz CT molecular complexity index is 469. The van der Waals surface area contributed by atoms with Gasteiger partial charge < -0.3 is 10.9 Å². The number of nitrogens with two attached hydrogens (primary N) is 1. The molecule has 0 amide bonds. The van der Waals surface area contributed by atoms with Crippen LogP contribution in [0.3, 0.4) is 0 Å². The largest absolute Gasteiger partial charge is 0.409 e. The van der Waals surface area contributed by atoms with Crippen LogP contribution in [-0.2, 0) is 6.54 Å². The topological polar surface area (TPSA) is 76.4 Å².